The van der Waals surface area contributed by atoms with Crippen molar-refractivity contribution in [2.75, 3.05) is 13.1 Å². The third-order valence-electron chi connectivity index (χ3n) is 4.31. The van der Waals surface area contributed by atoms with E-state index < -0.39 is 0 Å². The van der Waals surface area contributed by atoms with Crippen molar-refractivity contribution in [1.29, 1.82) is 0 Å². The van der Waals surface area contributed by atoms with Crippen LogP contribution in [0.15, 0.2) is 50.7 Å². The molecule has 27 heavy (non-hydrogen) atoms. The Balaban J connectivity index is 1.50. The van der Waals surface area contributed by atoms with Gasteiger partial charge in [-0.1, -0.05) is 23.7 Å². The molecule has 1 aromatic carbocycles. The van der Waals surface area contributed by atoms with Gasteiger partial charge in [-0.2, -0.15) is 4.99 Å². The Bertz CT molecular complexity index is 927. The molecule has 4 rings (SSSR count). The maximum atomic E-state index is 12.3. The number of furan rings is 1. The topological polar surface area (TPSA) is 55.0 Å². The zero-order valence-corrected chi connectivity index (χ0v) is 16.6. The van der Waals surface area contributed by atoms with Gasteiger partial charge in [-0.05, 0) is 49.9 Å². The molecule has 1 aromatic heterocycles. The van der Waals surface area contributed by atoms with Crippen LogP contribution in [-0.2, 0) is 9.53 Å². The van der Waals surface area contributed by atoms with Gasteiger partial charge in [0.2, 0.25) is 0 Å². The van der Waals surface area contributed by atoms with Gasteiger partial charge in [-0.3, -0.25) is 4.79 Å². The smallest absolute Gasteiger partial charge is 0.286 e. The number of aliphatic imine (C=N–C) groups is 1. The van der Waals surface area contributed by atoms with Crippen LogP contribution in [0, 0.1) is 0 Å². The lowest BCUT2D eigenvalue weighted by atomic mass is 10.2. The quantitative estimate of drug-likeness (QED) is 0.682. The normalized spacial score (nSPS) is 24.6. The van der Waals surface area contributed by atoms with Gasteiger partial charge in [0.15, 0.2) is 5.17 Å². The number of benzene rings is 1. The van der Waals surface area contributed by atoms with Gasteiger partial charge in [0.1, 0.15) is 11.5 Å². The van der Waals surface area contributed by atoms with Gasteiger partial charge in [0, 0.05) is 29.8 Å². The first-order chi connectivity index (χ1) is 13.0. The molecule has 0 spiro atoms. The summed E-state index contributed by atoms with van der Waals surface area (Å²) in [5.74, 6) is 1.08. The minimum absolute atomic E-state index is 0.116. The van der Waals surface area contributed by atoms with Crippen LogP contribution >= 0.6 is 23.4 Å². The molecule has 3 heterocycles. The van der Waals surface area contributed by atoms with Crippen LogP contribution in [0.1, 0.15) is 19.6 Å². The van der Waals surface area contributed by atoms with Crippen LogP contribution < -0.4 is 0 Å². The minimum Gasteiger partial charge on any atom is -0.457 e. The molecule has 2 aliphatic rings. The highest BCUT2D eigenvalue weighted by Crippen LogP contribution is 2.33. The van der Waals surface area contributed by atoms with Crippen molar-refractivity contribution in [2.45, 2.75) is 26.1 Å². The number of rotatable bonds is 2. The predicted molar refractivity (Wildman–Crippen MR) is 109 cm³/mol. The van der Waals surface area contributed by atoms with Gasteiger partial charge in [0.05, 0.1) is 17.1 Å². The van der Waals surface area contributed by atoms with Crippen molar-refractivity contribution in [3.05, 3.63) is 52.1 Å². The van der Waals surface area contributed by atoms with Crippen molar-refractivity contribution < 1.29 is 13.9 Å². The largest absolute Gasteiger partial charge is 0.457 e. The molecule has 1 fully saturated rings. The fourth-order valence-corrected chi connectivity index (χ4v) is 4.33. The summed E-state index contributed by atoms with van der Waals surface area (Å²) < 4.78 is 11.6. The van der Waals surface area contributed by atoms with E-state index in [2.05, 4.69) is 9.89 Å². The van der Waals surface area contributed by atoms with Gasteiger partial charge in [-0.25, -0.2) is 0 Å². The second kappa shape index (κ2) is 7.54. The SMILES string of the molecule is C[C@@H]1CN(C2=NC(=O)/C(=C\c3ccc(-c4cccc(Cl)c4)o3)S2)C[C@@H](C)O1. The summed E-state index contributed by atoms with van der Waals surface area (Å²) in [5, 5.41) is 1.38. The molecule has 2 aliphatic heterocycles. The van der Waals surface area contributed by atoms with Gasteiger partial charge in [-0.15, -0.1) is 0 Å². The first-order valence-electron chi connectivity index (χ1n) is 8.76. The average molecular weight is 403 g/mol. The highest BCUT2D eigenvalue weighted by atomic mass is 35.5. The molecule has 1 saturated heterocycles. The second-order valence-electron chi connectivity index (χ2n) is 6.68. The molecule has 0 bridgehead atoms. The maximum Gasteiger partial charge on any atom is 0.286 e. The predicted octanol–water partition coefficient (Wildman–Crippen LogP) is 4.68. The van der Waals surface area contributed by atoms with Crippen molar-refractivity contribution in [3.63, 3.8) is 0 Å². The van der Waals surface area contributed by atoms with Crippen LogP contribution in [0.5, 0.6) is 0 Å². The van der Waals surface area contributed by atoms with Crippen LogP contribution in [0.25, 0.3) is 17.4 Å². The van der Waals surface area contributed by atoms with E-state index in [4.69, 9.17) is 20.8 Å². The standard InChI is InChI=1S/C20H19ClN2O3S/c1-12-10-23(11-13(2)25-12)20-22-19(24)18(27-20)9-16-6-7-17(26-16)14-4-3-5-15(21)8-14/h3-9,12-13H,10-11H2,1-2H3/b18-9+/t12-,13-/m1/s1. The summed E-state index contributed by atoms with van der Waals surface area (Å²) >= 11 is 7.42. The van der Waals surface area contributed by atoms with Gasteiger partial charge < -0.3 is 14.1 Å². The molecule has 0 unspecified atom stereocenters. The van der Waals surface area contributed by atoms with E-state index in [-0.39, 0.29) is 18.1 Å². The first-order valence-corrected chi connectivity index (χ1v) is 9.96. The number of hydrogen-bond donors (Lipinski definition) is 0. The Labute approximate surface area is 167 Å². The fraction of sp³-hybridized carbons (Fsp3) is 0.300. The van der Waals surface area contributed by atoms with E-state index in [1.54, 1.807) is 6.08 Å². The number of amides is 1. The lowest BCUT2D eigenvalue weighted by molar-refractivity contribution is -0.113. The summed E-state index contributed by atoms with van der Waals surface area (Å²) in [5.41, 5.74) is 0.894. The van der Waals surface area contributed by atoms with E-state index in [0.29, 0.717) is 21.4 Å². The number of thioether (sulfide) groups is 1. The van der Waals surface area contributed by atoms with Crippen molar-refractivity contribution in [1.82, 2.24) is 4.90 Å². The maximum absolute atomic E-state index is 12.3. The lowest BCUT2D eigenvalue weighted by Gasteiger charge is -2.35. The zero-order valence-electron chi connectivity index (χ0n) is 15.0. The van der Waals surface area contributed by atoms with E-state index in [9.17, 15) is 4.79 Å². The Morgan fingerprint density at radius 3 is 2.74 bits per heavy atom. The summed E-state index contributed by atoms with van der Waals surface area (Å²) in [7, 11) is 0. The van der Waals surface area contributed by atoms with Crippen molar-refractivity contribution in [3.8, 4) is 11.3 Å². The van der Waals surface area contributed by atoms with E-state index in [1.165, 1.54) is 11.8 Å². The lowest BCUT2D eigenvalue weighted by Crippen LogP contribution is -2.47. The Morgan fingerprint density at radius 2 is 2.00 bits per heavy atom. The molecule has 7 heteroatoms. The molecule has 0 N–H and O–H groups in total. The number of ether oxygens (including phenoxy) is 1. The number of carbonyl (C=O) groups excluding carboxylic acids is 1. The average Bonchev–Trinajstić information content (AvgIpc) is 3.22. The van der Waals surface area contributed by atoms with Crippen LogP contribution in [0.2, 0.25) is 5.02 Å². The van der Waals surface area contributed by atoms with E-state index >= 15 is 0 Å². The number of morpholine rings is 1. The van der Waals surface area contributed by atoms with Gasteiger partial charge >= 0.3 is 0 Å². The summed E-state index contributed by atoms with van der Waals surface area (Å²) in [6, 6.07) is 11.2. The number of nitrogens with zero attached hydrogens (tertiary/aromatic N) is 2. The molecule has 0 saturated carbocycles. The number of carbonyl (C=O) groups is 1. The summed E-state index contributed by atoms with van der Waals surface area (Å²) in [6.45, 7) is 5.52. The second-order valence-corrected chi connectivity index (χ2v) is 8.13. The van der Waals surface area contributed by atoms with Crippen molar-refractivity contribution >= 4 is 40.5 Å². The molecule has 0 radical (unpaired) electrons. The summed E-state index contributed by atoms with van der Waals surface area (Å²) in [4.78, 5) is 19.2. The molecule has 2 atom stereocenters. The Kier molecular flexibility index (Phi) is 5.12. The summed E-state index contributed by atoms with van der Waals surface area (Å²) in [6.07, 6.45) is 1.97. The number of hydrogen-bond acceptors (Lipinski definition) is 5. The third-order valence-corrected chi connectivity index (χ3v) is 5.59. The van der Waals surface area contributed by atoms with Crippen LogP contribution in [-0.4, -0.2) is 41.3 Å². The number of halogens is 1. The first kappa shape index (κ1) is 18.3. The molecule has 0 aliphatic carbocycles. The molecule has 2 aromatic rings. The minimum atomic E-state index is -0.234. The third kappa shape index (κ3) is 4.13. The number of amidine groups is 1. The highest BCUT2D eigenvalue weighted by Gasteiger charge is 2.31. The molecule has 5 nitrogen and oxygen atoms in total. The fourth-order valence-electron chi connectivity index (χ4n) is 3.22. The van der Waals surface area contributed by atoms with Gasteiger partial charge in [0.25, 0.3) is 5.91 Å². The molecular weight excluding hydrogens is 384 g/mol. The molecule has 1 amide bonds. The monoisotopic (exact) mass is 402 g/mol. The van der Waals surface area contributed by atoms with E-state index in [0.717, 1.165) is 23.8 Å². The van der Waals surface area contributed by atoms with E-state index in [1.807, 2.05) is 50.2 Å². The molecular formula is C20H19ClN2O3S. The van der Waals surface area contributed by atoms with Crippen LogP contribution in [0.4, 0.5) is 0 Å². The van der Waals surface area contributed by atoms with Crippen LogP contribution in [0.3, 0.4) is 0 Å². The van der Waals surface area contributed by atoms with Crippen molar-refractivity contribution in [2.24, 2.45) is 4.99 Å². The Morgan fingerprint density at radius 1 is 1.22 bits per heavy atom. The Hall–Kier alpha value is -2.02. The highest BCUT2D eigenvalue weighted by molar-refractivity contribution is 8.18. The molecule has 140 valence electrons. The zero-order chi connectivity index (χ0) is 19.0.